The fourth-order valence-electron chi connectivity index (χ4n) is 2.45. The Hall–Kier alpha value is -2.60. The van der Waals surface area contributed by atoms with E-state index in [1.165, 1.54) is 11.8 Å². The van der Waals surface area contributed by atoms with E-state index < -0.39 is 0 Å². The predicted octanol–water partition coefficient (Wildman–Crippen LogP) is 3.91. The van der Waals surface area contributed by atoms with E-state index >= 15 is 0 Å². The molecule has 1 atom stereocenters. The van der Waals surface area contributed by atoms with Gasteiger partial charge in [-0.05, 0) is 31.5 Å². The van der Waals surface area contributed by atoms with Crippen LogP contribution in [-0.2, 0) is 11.8 Å². The number of nitrogens with one attached hydrogen (secondary N) is 1. The summed E-state index contributed by atoms with van der Waals surface area (Å²) in [4.78, 5) is 12.4. The van der Waals surface area contributed by atoms with E-state index in [0.717, 1.165) is 22.6 Å². The topological polar surface area (TPSA) is 59.8 Å². The third-order valence-corrected chi connectivity index (χ3v) is 5.05. The Morgan fingerprint density at radius 1 is 1.08 bits per heavy atom. The normalized spacial score (nSPS) is 12.0. The average molecular weight is 352 g/mol. The van der Waals surface area contributed by atoms with Crippen molar-refractivity contribution in [2.75, 3.05) is 5.32 Å². The van der Waals surface area contributed by atoms with E-state index in [1.807, 2.05) is 80.1 Å². The number of benzene rings is 2. The van der Waals surface area contributed by atoms with Crippen LogP contribution >= 0.6 is 11.8 Å². The van der Waals surface area contributed by atoms with E-state index in [-0.39, 0.29) is 11.2 Å². The molecule has 5 nitrogen and oxygen atoms in total. The zero-order chi connectivity index (χ0) is 17.8. The first-order valence-corrected chi connectivity index (χ1v) is 8.92. The molecule has 2 aromatic carbocycles. The van der Waals surface area contributed by atoms with Gasteiger partial charge in [-0.1, -0.05) is 54.2 Å². The summed E-state index contributed by atoms with van der Waals surface area (Å²) in [5.74, 6) is 0.743. The highest BCUT2D eigenvalue weighted by atomic mass is 32.2. The number of rotatable bonds is 5. The van der Waals surface area contributed by atoms with Crippen LogP contribution in [0.15, 0.2) is 59.8 Å². The van der Waals surface area contributed by atoms with Gasteiger partial charge in [0.05, 0.1) is 5.25 Å². The van der Waals surface area contributed by atoms with Gasteiger partial charge in [0.25, 0.3) is 0 Å². The molecule has 0 aliphatic rings. The maximum absolute atomic E-state index is 12.4. The summed E-state index contributed by atoms with van der Waals surface area (Å²) in [7, 11) is 1.92. The highest BCUT2D eigenvalue weighted by Gasteiger charge is 2.19. The molecule has 1 aromatic heterocycles. The smallest absolute Gasteiger partial charge is 0.237 e. The van der Waals surface area contributed by atoms with Gasteiger partial charge in [-0.15, -0.1) is 10.2 Å². The summed E-state index contributed by atoms with van der Waals surface area (Å²) in [5.41, 5.74) is 2.98. The number of para-hydroxylation sites is 1. The van der Waals surface area contributed by atoms with E-state index in [2.05, 4.69) is 15.5 Å². The van der Waals surface area contributed by atoms with Gasteiger partial charge in [0, 0.05) is 18.3 Å². The second-order valence-corrected chi connectivity index (χ2v) is 7.10. The van der Waals surface area contributed by atoms with Crippen molar-refractivity contribution in [3.05, 3.63) is 60.2 Å². The Bertz CT molecular complexity index is 876. The van der Waals surface area contributed by atoms with Crippen molar-refractivity contribution in [1.82, 2.24) is 14.8 Å². The van der Waals surface area contributed by atoms with E-state index in [4.69, 9.17) is 0 Å². The lowest BCUT2D eigenvalue weighted by Gasteiger charge is -2.12. The number of anilines is 1. The van der Waals surface area contributed by atoms with Crippen LogP contribution in [0.2, 0.25) is 0 Å². The van der Waals surface area contributed by atoms with Gasteiger partial charge in [0.1, 0.15) is 0 Å². The van der Waals surface area contributed by atoms with Crippen LogP contribution in [0.3, 0.4) is 0 Å². The fraction of sp³-hybridized carbons (Fsp3) is 0.211. The molecule has 0 radical (unpaired) electrons. The number of hydrogen-bond donors (Lipinski definition) is 1. The first-order valence-electron chi connectivity index (χ1n) is 8.04. The third kappa shape index (κ3) is 3.91. The summed E-state index contributed by atoms with van der Waals surface area (Å²) < 4.78 is 1.93. The zero-order valence-corrected chi connectivity index (χ0v) is 15.2. The van der Waals surface area contributed by atoms with Crippen molar-refractivity contribution in [3.63, 3.8) is 0 Å². The number of amides is 1. The number of nitrogens with zero attached hydrogens (tertiary/aromatic N) is 3. The quantitative estimate of drug-likeness (QED) is 0.707. The number of aryl methyl sites for hydroxylation is 1. The molecule has 1 amide bonds. The van der Waals surface area contributed by atoms with Crippen LogP contribution in [0.4, 0.5) is 5.69 Å². The second kappa shape index (κ2) is 7.53. The lowest BCUT2D eigenvalue weighted by atomic mass is 10.1. The summed E-state index contributed by atoms with van der Waals surface area (Å²) in [5, 5.41) is 11.9. The molecular formula is C19H20N4OS. The molecule has 0 spiro atoms. The van der Waals surface area contributed by atoms with Crippen molar-refractivity contribution in [3.8, 4) is 11.4 Å². The maximum atomic E-state index is 12.4. The second-order valence-electron chi connectivity index (χ2n) is 5.80. The molecule has 1 heterocycles. The summed E-state index contributed by atoms with van der Waals surface area (Å²) in [6.07, 6.45) is 0. The van der Waals surface area contributed by atoms with Crippen molar-refractivity contribution < 1.29 is 4.79 Å². The molecule has 1 unspecified atom stereocenters. The summed E-state index contributed by atoms with van der Waals surface area (Å²) in [6.45, 7) is 3.91. The Kier molecular flexibility index (Phi) is 5.19. The molecule has 0 bridgehead atoms. The number of carbonyl (C=O) groups excluding carboxylic acids is 1. The highest BCUT2D eigenvalue weighted by molar-refractivity contribution is 8.00. The lowest BCUT2D eigenvalue weighted by molar-refractivity contribution is -0.115. The SMILES string of the molecule is Cc1ccccc1-c1nnc(SC(C)C(=O)Nc2ccccc2)n1C. The van der Waals surface area contributed by atoms with Crippen LogP contribution < -0.4 is 5.32 Å². The first kappa shape index (κ1) is 17.2. The minimum Gasteiger partial charge on any atom is -0.325 e. The molecular weight excluding hydrogens is 332 g/mol. The number of aromatic nitrogens is 3. The Balaban J connectivity index is 1.73. The molecule has 0 aliphatic carbocycles. The minimum atomic E-state index is -0.284. The summed E-state index contributed by atoms with van der Waals surface area (Å²) in [6, 6.07) is 17.5. The van der Waals surface area contributed by atoms with Gasteiger partial charge in [-0.25, -0.2) is 0 Å². The number of carbonyl (C=O) groups is 1. The minimum absolute atomic E-state index is 0.0587. The van der Waals surface area contributed by atoms with Crippen molar-refractivity contribution in [1.29, 1.82) is 0 Å². The Morgan fingerprint density at radius 3 is 2.48 bits per heavy atom. The zero-order valence-electron chi connectivity index (χ0n) is 14.4. The molecule has 1 N–H and O–H groups in total. The largest absolute Gasteiger partial charge is 0.325 e. The van der Waals surface area contributed by atoms with Gasteiger partial charge >= 0.3 is 0 Å². The van der Waals surface area contributed by atoms with E-state index in [0.29, 0.717) is 5.16 Å². The Labute approximate surface area is 151 Å². The molecule has 0 saturated carbocycles. The molecule has 3 rings (SSSR count). The van der Waals surface area contributed by atoms with Gasteiger partial charge in [0.2, 0.25) is 5.91 Å². The predicted molar refractivity (Wildman–Crippen MR) is 102 cm³/mol. The van der Waals surface area contributed by atoms with E-state index in [1.54, 1.807) is 0 Å². The van der Waals surface area contributed by atoms with Crippen LogP contribution in [0.25, 0.3) is 11.4 Å². The molecule has 6 heteroatoms. The van der Waals surface area contributed by atoms with Crippen molar-refractivity contribution in [2.45, 2.75) is 24.3 Å². The van der Waals surface area contributed by atoms with E-state index in [9.17, 15) is 4.79 Å². The van der Waals surface area contributed by atoms with Crippen molar-refractivity contribution >= 4 is 23.4 Å². The molecule has 3 aromatic rings. The highest BCUT2D eigenvalue weighted by Crippen LogP contribution is 2.27. The molecule has 0 aliphatic heterocycles. The lowest BCUT2D eigenvalue weighted by Crippen LogP contribution is -2.22. The molecule has 25 heavy (non-hydrogen) atoms. The monoisotopic (exact) mass is 352 g/mol. The van der Waals surface area contributed by atoms with Gasteiger partial charge < -0.3 is 9.88 Å². The van der Waals surface area contributed by atoms with Gasteiger partial charge in [0.15, 0.2) is 11.0 Å². The Morgan fingerprint density at radius 2 is 1.76 bits per heavy atom. The first-order chi connectivity index (χ1) is 12.1. The number of hydrogen-bond acceptors (Lipinski definition) is 4. The third-order valence-electron chi connectivity index (χ3n) is 3.91. The standard InChI is InChI=1S/C19H20N4OS/c1-13-9-7-8-12-16(13)17-21-22-19(23(17)3)25-14(2)18(24)20-15-10-5-4-6-11-15/h4-12,14H,1-3H3,(H,20,24). The molecule has 0 fully saturated rings. The number of thioether (sulfide) groups is 1. The average Bonchev–Trinajstić information content (AvgIpc) is 2.97. The molecule has 128 valence electrons. The summed E-state index contributed by atoms with van der Waals surface area (Å²) >= 11 is 1.40. The fourth-order valence-corrected chi connectivity index (χ4v) is 3.27. The van der Waals surface area contributed by atoms with Gasteiger partial charge in [-0.2, -0.15) is 0 Å². The van der Waals surface area contributed by atoms with Crippen LogP contribution in [0.5, 0.6) is 0 Å². The van der Waals surface area contributed by atoms with Gasteiger partial charge in [-0.3, -0.25) is 4.79 Å². The maximum Gasteiger partial charge on any atom is 0.237 e. The van der Waals surface area contributed by atoms with Crippen molar-refractivity contribution in [2.24, 2.45) is 7.05 Å². The van der Waals surface area contributed by atoms with Crippen LogP contribution in [0.1, 0.15) is 12.5 Å². The van der Waals surface area contributed by atoms with Crippen LogP contribution in [-0.4, -0.2) is 25.9 Å². The van der Waals surface area contributed by atoms with Crippen LogP contribution in [0, 0.1) is 6.92 Å². The molecule has 0 saturated heterocycles.